The quantitative estimate of drug-likeness (QED) is 0.729. The maximum atomic E-state index is 13.0. The van der Waals surface area contributed by atoms with Crippen molar-refractivity contribution in [1.29, 1.82) is 0 Å². The molecule has 2 atom stereocenters. The summed E-state index contributed by atoms with van der Waals surface area (Å²) in [5, 5.41) is 3.14. The molecule has 2 aliphatic rings. The summed E-state index contributed by atoms with van der Waals surface area (Å²) in [5.41, 5.74) is -0.479. The van der Waals surface area contributed by atoms with Gasteiger partial charge in [0.1, 0.15) is 5.01 Å². The Bertz CT molecular complexity index is 757. The van der Waals surface area contributed by atoms with E-state index in [9.17, 15) is 4.79 Å². The lowest BCUT2D eigenvalue weighted by Gasteiger charge is -2.31. The number of hydrogen-bond acceptors (Lipinski definition) is 8. The van der Waals surface area contributed by atoms with Gasteiger partial charge in [0.05, 0.1) is 18.6 Å². The first-order valence-corrected chi connectivity index (χ1v) is 10.4. The van der Waals surface area contributed by atoms with Crippen molar-refractivity contribution in [2.24, 2.45) is 11.3 Å². The van der Waals surface area contributed by atoms with Crippen molar-refractivity contribution in [3.8, 4) is 0 Å². The van der Waals surface area contributed by atoms with E-state index in [1.165, 1.54) is 0 Å². The first kappa shape index (κ1) is 18.3. The number of aromatic nitrogens is 3. The molecule has 0 N–H and O–H groups in total. The number of rotatable bonds is 5. The van der Waals surface area contributed by atoms with Crippen LogP contribution in [0.5, 0.6) is 0 Å². The smallest absolute Gasteiger partial charge is 0.314 e. The molecule has 0 bridgehead atoms. The van der Waals surface area contributed by atoms with Gasteiger partial charge < -0.3 is 9.64 Å². The van der Waals surface area contributed by atoms with Gasteiger partial charge in [0.15, 0.2) is 0 Å². The lowest BCUT2D eigenvalue weighted by atomic mass is 9.75. The Morgan fingerprint density at radius 1 is 1.30 bits per heavy atom. The van der Waals surface area contributed by atoms with Crippen LogP contribution in [-0.2, 0) is 16.1 Å². The van der Waals surface area contributed by atoms with Crippen LogP contribution in [0.25, 0.3) is 0 Å². The number of fused-ring (bicyclic) bond motifs is 1. The van der Waals surface area contributed by atoms with Crippen molar-refractivity contribution in [2.45, 2.75) is 26.3 Å². The molecule has 2 aliphatic heterocycles. The minimum absolute atomic E-state index is 0.0653. The first-order chi connectivity index (χ1) is 13.2. The molecule has 2 saturated heterocycles. The van der Waals surface area contributed by atoms with Crippen LogP contribution >= 0.6 is 11.3 Å². The van der Waals surface area contributed by atoms with Crippen LogP contribution in [0.2, 0.25) is 0 Å². The van der Waals surface area contributed by atoms with E-state index in [1.54, 1.807) is 23.7 Å². The molecule has 0 spiro atoms. The van der Waals surface area contributed by atoms with E-state index in [0.29, 0.717) is 19.1 Å². The monoisotopic (exact) mass is 387 g/mol. The van der Waals surface area contributed by atoms with Gasteiger partial charge >= 0.3 is 5.97 Å². The summed E-state index contributed by atoms with van der Waals surface area (Å²) in [6.07, 6.45) is 7.17. The van der Waals surface area contributed by atoms with Crippen molar-refractivity contribution in [3.05, 3.63) is 35.0 Å². The van der Waals surface area contributed by atoms with Crippen LogP contribution in [0.15, 0.2) is 30.0 Å². The van der Waals surface area contributed by atoms with Crippen molar-refractivity contribution in [3.63, 3.8) is 0 Å². The van der Waals surface area contributed by atoms with E-state index in [1.807, 2.05) is 24.6 Å². The lowest BCUT2D eigenvalue weighted by molar-refractivity contribution is -0.157. The molecule has 27 heavy (non-hydrogen) atoms. The van der Waals surface area contributed by atoms with Gasteiger partial charge in [0.25, 0.3) is 0 Å². The van der Waals surface area contributed by atoms with Crippen molar-refractivity contribution in [2.75, 3.05) is 37.7 Å². The second-order valence-electron chi connectivity index (χ2n) is 7.27. The highest BCUT2D eigenvalue weighted by molar-refractivity contribution is 7.09. The van der Waals surface area contributed by atoms with E-state index in [2.05, 4.69) is 24.8 Å². The molecule has 4 heterocycles. The third kappa shape index (κ3) is 3.68. The van der Waals surface area contributed by atoms with Crippen molar-refractivity contribution >= 4 is 23.3 Å². The molecule has 0 radical (unpaired) electrons. The number of anilines is 1. The molecule has 0 amide bonds. The minimum Gasteiger partial charge on any atom is -0.466 e. The Balaban J connectivity index is 1.58. The van der Waals surface area contributed by atoms with E-state index in [4.69, 9.17) is 4.74 Å². The number of nitrogens with zero attached hydrogens (tertiary/aromatic N) is 5. The number of ether oxygens (including phenoxy) is 1. The topological polar surface area (TPSA) is 71.5 Å². The second-order valence-corrected chi connectivity index (χ2v) is 8.25. The predicted octanol–water partition coefficient (Wildman–Crippen LogP) is 2.21. The Labute approximate surface area is 163 Å². The average molecular weight is 388 g/mol. The Hall–Kier alpha value is -2.06. The van der Waals surface area contributed by atoms with E-state index in [0.717, 1.165) is 44.0 Å². The van der Waals surface area contributed by atoms with Crippen LogP contribution in [0.1, 0.15) is 24.8 Å². The zero-order valence-electron chi connectivity index (χ0n) is 15.6. The average Bonchev–Trinajstić information content (AvgIpc) is 3.28. The van der Waals surface area contributed by atoms with Crippen molar-refractivity contribution in [1.82, 2.24) is 19.9 Å². The number of hydrogen-bond donors (Lipinski definition) is 0. The van der Waals surface area contributed by atoms with Crippen LogP contribution in [0, 0.1) is 11.3 Å². The molecule has 0 aromatic carbocycles. The van der Waals surface area contributed by atoms with Gasteiger partial charge in [-0.15, -0.1) is 11.3 Å². The van der Waals surface area contributed by atoms with E-state index in [-0.39, 0.29) is 11.9 Å². The van der Waals surface area contributed by atoms with Gasteiger partial charge in [-0.25, -0.2) is 15.0 Å². The molecule has 0 saturated carbocycles. The normalized spacial score (nSPS) is 25.8. The third-order valence-corrected chi connectivity index (χ3v) is 6.39. The predicted molar refractivity (Wildman–Crippen MR) is 103 cm³/mol. The molecular formula is C19H25N5O2S. The zero-order chi connectivity index (χ0) is 18.7. The molecule has 8 heteroatoms. The van der Waals surface area contributed by atoms with Crippen LogP contribution in [-0.4, -0.2) is 58.6 Å². The number of esters is 1. The minimum atomic E-state index is -0.479. The molecular weight excluding hydrogens is 362 g/mol. The molecule has 0 unspecified atom stereocenters. The second kappa shape index (κ2) is 7.90. The molecule has 2 aromatic heterocycles. The third-order valence-electron chi connectivity index (χ3n) is 5.63. The number of carbonyl (C=O) groups excluding carboxylic acids is 1. The first-order valence-electron chi connectivity index (χ1n) is 9.51. The Kier molecular flexibility index (Phi) is 5.36. The van der Waals surface area contributed by atoms with Gasteiger partial charge in [-0.2, -0.15) is 0 Å². The van der Waals surface area contributed by atoms with Crippen LogP contribution in [0.3, 0.4) is 0 Å². The maximum Gasteiger partial charge on any atom is 0.314 e. The highest BCUT2D eigenvalue weighted by Crippen LogP contribution is 2.44. The fraction of sp³-hybridized carbons (Fsp3) is 0.579. The highest BCUT2D eigenvalue weighted by Gasteiger charge is 2.54. The summed E-state index contributed by atoms with van der Waals surface area (Å²) in [7, 11) is 0. The molecule has 7 nitrogen and oxygen atoms in total. The molecule has 4 rings (SSSR count). The summed E-state index contributed by atoms with van der Waals surface area (Å²) >= 11 is 1.68. The fourth-order valence-corrected chi connectivity index (χ4v) is 5.05. The van der Waals surface area contributed by atoms with Crippen LogP contribution < -0.4 is 4.90 Å². The fourth-order valence-electron chi connectivity index (χ4n) is 4.39. The lowest BCUT2D eigenvalue weighted by Crippen LogP contribution is -2.42. The van der Waals surface area contributed by atoms with Crippen molar-refractivity contribution < 1.29 is 9.53 Å². The van der Waals surface area contributed by atoms with E-state index >= 15 is 0 Å². The number of likely N-dealkylation sites (tertiary alicyclic amines) is 1. The van der Waals surface area contributed by atoms with Gasteiger partial charge in [-0.05, 0) is 32.4 Å². The largest absolute Gasteiger partial charge is 0.466 e. The molecule has 2 fully saturated rings. The SMILES string of the molecule is CCOC(=O)[C@]12CCCN(Cc3nccs3)C[C@H]1CN(c1ncccn1)C2. The number of thiazole rings is 1. The number of carbonyl (C=O) groups is 1. The summed E-state index contributed by atoms with van der Waals surface area (Å²) in [4.78, 5) is 30.8. The summed E-state index contributed by atoms with van der Waals surface area (Å²) < 4.78 is 5.53. The standard InChI is InChI=1S/C19H25N5O2S/c1-2-26-17(25)19-5-3-9-23(13-16-20-8-10-27-16)11-15(19)12-24(14-19)18-21-6-4-7-22-18/h4,6-8,10,15H,2-3,5,9,11-14H2,1H3/t15-,19-/m0/s1. The van der Waals surface area contributed by atoms with Crippen LogP contribution in [0.4, 0.5) is 5.95 Å². The molecule has 144 valence electrons. The van der Waals surface area contributed by atoms with E-state index < -0.39 is 5.41 Å². The summed E-state index contributed by atoms with van der Waals surface area (Å²) in [5.74, 6) is 0.827. The Morgan fingerprint density at radius 2 is 2.15 bits per heavy atom. The van der Waals surface area contributed by atoms with Gasteiger partial charge in [-0.1, -0.05) is 0 Å². The zero-order valence-corrected chi connectivity index (χ0v) is 16.4. The molecule has 2 aromatic rings. The Morgan fingerprint density at radius 3 is 2.89 bits per heavy atom. The maximum absolute atomic E-state index is 13.0. The van der Waals surface area contributed by atoms with Gasteiger partial charge in [0, 0.05) is 49.5 Å². The summed E-state index contributed by atoms with van der Waals surface area (Å²) in [6, 6.07) is 1.81. The highest BCUT2D eigenvalue weighted by atomic mass is 32.1. The summed E-state index contributed by atoms with van der Waals surface area (Å²) in [6.45, 7) is 6.39. The molecule has 0 aliphatic carbocycles. The van der Waals surface area contributed by atoms with Gasteiger partial charge in [-0.3, -0.25) is 9.69 Å². The van der Waals surface area contributed by atoms with Gasteiger partial charge in [0.2, 0.25) is 5.95 Å².